The van der Waals surface area contributed by atoms with E-state index in [1.807, 2.05) is 0 Å². The fourth-order valence-corrected chi connectivity index (χ4v) is 0.234. The topological polar surface area (TPSA) is 101 Å². The van der Waals surface area contributed by atoms with Crippen molar-refractivity contribution >= 4 is 39.4 Å². The summed E-state index contributed by atoms with van der Waals surface area (Å²) < 4.78 is 16.3. The quantitative estimate of drug-likeness (QED) is 0.275. The molecule has 0 aliphatic rings. The number of hydrogen-bond acceptors (Lipinski definition) is 6. The van der Waals surface area contributed by atoms with E-state index in [1.165, 1.54) is 0 Å². The predicted octanol–water partition coefficient (Wildman–Crippen LogP) is -0.787. The zero-order valence-electron chi connectivity index (χ0n) is 5.34. The van der Waals surface area contributed by atoms with Gasteiger partial charge in [-0.2, -0.15) is 12.6 Å². The molecule has 0 aromatic carbocycles. The Hall–Kier alpha value is 0.110. The van der Waals surface area contributed by atoms with Crippen LogP contribution in [0.1, 0.15) is 0 Å². The van der Waals surface area contributed by atoms with Gasteiger partial charge in [0.1, 0.15) is 6.04 Å². The van der Waals surface area contributed by atoms with E-state index in [-0.39, 0.29) is 5.75 Å². The van der Waals surface area contributed by atoms with E-state index in [1.54, 1.807) is 0 Å². The van der Waals surface area contributed by atoms with E-state index >= 15 is 0 Å². The van der Waals surface area contributed by atoms with Gasteiger partial charge in [-0.25, -0.2) is 11.2 Å². The molecule has 0 saturated carbocycles. The van der Waals surface area contributed by atoms with Crippen molar-refractivity contribution in [3.63, 3.8) is 0 Å². The van der Waals surface area contributed by atoms with Gasteiger partial charge in [-0.05, 0) is 0 Å². The summed E-state index contributed by atoms with van der Waals surface area (Å²) in [6, 6.07) is -0.816. The third kappa shape index (κ3) is 17.8. The first-order valence-electron chi connectivity index (χ1n) is 2.29. The molecule has 0 radical (unpaired) electrons. The predicted molar refractivity (Wildman–Crippen MR) is 47.5 cm³/mol. The SMILES string of the molecule is N[C@@H](CS)C(=O)O.O=[S-](O)=S. The second-order valence-electron chi connectivity index (χ2n) is 1.34. The molecule has 0 amide bonds. The van der Waals surface area contributed by atoms with E-state index in [4.69, 9.17) is 19.6 Å². The third-order valence-electron chi connectivity index (χ3n) is 0.514. The molecule has 0 aliphatic heterocycles. The second kappa shape index (κ2) is 8.21. The minimum Gasteiger partial charge on any atom is -0.480 e. The zero-order valence-corrected chi connectivity index (χ0v) is 7.86. The summed E-state index contributed by atoms with van der Waals surface area (Å²) in [5.41, 5.74) is 4.94. The summed E-state index contributed by atoms with van der Waals surface area (Å²) >= 11 is 7.30. The first-order chi connectivity index (χ1) is 4.91. The van der Waals surface area contributed by atoms with Gasteiger partial charge in [0.15, 0.2) is 0 Å². The molecule has 0 aromatic rings. The Labute approximate surface area is 75.9 Å². The van der Waals surface area contributed by atoms with Gasteiger partial charge in [0.25, 0.3) is 0 Å². The fourth-order valence-electron chi connectivity index (χ4n) is 0.0781. The molecule has 8 heteroatoms. The average molecular weight is 218 g/mol. The van der Waals surface area contributed by atoms with E-state index in [0.29, 0.717) is 0 Å². The molecule has 1 atom stereocenters. The molecular weight excluding hydrogens is 210 g/mol. The highest BCUT2D eigenvalue weighted by Crippen LogP contribution is 1.80. The zero-order chi connectivity index (χ0) is 9.44. The summed E-state index contributed by atoms with van der Waals surface area (Å²) in [6.45, 7) is 0. The number of thiol groups is 1. The number of aliphatic carboxylic acids is 1. The van der Waals surface area contributed by atoms with E-state index in [2.05, 4.69) is 23.8 Å². The summed E-state index contributed by atoms with van der Waals surface area (Å²) in [5, 5.41) is 8.01. The summed E-state index contributed by atoms with van der Waals surface area (Å²) in [4.78, 5) is 9.76. The Kier molecular flexibility index (Phi) is 10.2. The van der Waals surface area contributed by atoms with Gasteiger partial charge in [0.2, 0.25) is 0 Å². The molecule has 11 heavy (non-hydrogen) atoms. The lowest BCUT2D eigenvalue weighted by molar-refractivity contribution is -0.137. The van der Waals surface area contributed by atoms with Crippen molar-refractivity contribution in [2.24, 2.45) is 5.73 Å². The first kappa shape index (κ1) is 13.7. The van der Waals surface area contributed by atoms with Crippen molar-refractivity contribution < 1.29 is 18.7 Å². The lowest BCUT2D eigenvalue weighted by Crippen LogP contribution is -2.31. The highest BCUT2D eigenvalue weighted by Gasteiger charge is 2.06. The fraction of sp³-hybridized carbons (Fsp3) is 0.667. The molecule has 0 aromatic heterocycles. The molecule has 68 valence electrons. The minimum absolute atomic E-state index is 0.190. The molecule has 0 bridgehead atoms. The van der Waals surface area contributed by atoms with Gasteiger partial charge in [-0.1, -0.05) is 9.64 Å². The van der Waals surface area contributed by atoms with Crippen LogP contribution in [0.3, 0.4) is 0 Å². The lowest BCUT2D eigenvalue weighted by atomic mass is 10.4. The molecule has 5 nitrogen and oxygen atoms in total. The highest BCUT2D eigenvalue weighted by molar-refractivity contribution is 8.18. The van der Waals surface area contributed by atoms with Crippen LogP contribution in [-0.2, 0) is 29.8 Å². The normalized spacial score (nSPS) is 11.6. The first-order valence-corrected chi connectivity index (χ1v) is 4.95. The van der Waals surface area contributed by atoms with Crippen LogP contribution in [0.15, 0.2) is 0 Å². The average Bonchev–Trinajstić information content (AvgIpc) is 1.85. The van der Waals surface area contributed by atoms with Crippen molar-refractivity contribution in [2.45, 2.75) is 6.04 Å². The molecule has 0 aliphatic carbocycles. The van der Waals surface area contributed by atoms with Crippen molar-refractivity contribution in [3.05, 3.63) is 0 Å². The van der Waals surface area contributed by atoms with Crippen molar-refractivity contribution in [2.75, 3.05) is 5.75 Å². The molecule has 0 saturated heterocycles. The van der Waals surface area contributed by atoms with Crippen LogP contribution in [0.2, 0.25) is 0 Å². The molecule has 0 unspecified atom stereocenters. The minimum atomic E-state index is -2.03. The maximum absolute atomic E-state index is 9.76. The van der Waals surface area contributed by atoms with Gasteiger partial charge in [-0.3, -0.25) is 4.79 Å². The number of carboxylic acid groups (broad SMARTS) is 1. The number of nitrogens with two attached hydrogens (primary N) is 1. The molecule has 0 spiro atoms. The second-order valence-corrected chi connectivity index (χ2v) is 3.00. The monoisotopic (exact) mass is 218 g/mol. The van der Waals surface area contributed by atoms with Gasteiger partial charge in [-0.15, -0.1) is 0 Å². The maximum atomic E-state index is 9.76. The van der Waals surface area contributed by atoms with Crippen LogP contribution in [0.5, 0.6) is 0 Å². The highest BCUT2D eigenvalue weighted by atomic mass is 32.8. The molecule has 0 heterocycles. The number of rotatable bonds is 2. The van der Waals surface area contributed by atoms with Crippen LogP contribution in [0, 0.1) is 0 Å². The van der Waals surface area contributed by atoms with Gasteiger partial charge >= 0.3 is 5.97 Å². The van der Waals surface area contributed by atoms with Crippen LogP contribution in [0.25, 0.3) is 0 Å². The van der Waals surface area contributed by atoms with Crippen LogP contribution < -0.4 is 5.73 Å². The lowest BCUT2D eigenvalue weighted by Gasteiger charge is -1.96. The van der Waals surface area contributed by atoms with E-state index < -0.39 is 21.7 Å². The van der Waals surface area contributed by atoms with Crippen LogP contribution in [0.4, 0.5) is 0 Å². The molecule has 4 N–H and O–H groups in total. The maximum Gasteiger partial charge on any atom is 0.321 e. The van der Waals surface area contributed by atoms with Gasteiger partial charge in [0, 0.05) is 5.75 Å². The number of carbonyl (C=O) groups is 1. The van der Waals surface area contributed by atoms with Crippen molar-refractivity contribution in [3.8, 4) is 0 Å². The molecule has 0 fully saturated rings. The summed E-state index contributed by atoms with van der Waals surface area (Å²) in [5.74, 6) is -0.815. The Morgan fingerprint density at radius 1 is 1.82 bits per heavy atom. The largest absolute Gasteiger partial charge is 0.480 e. The third-order valence-corrected chi connectivity index (χ3v) is 0.907. The van der Waals surface area contributed by atoms with Crippen molar-refractivity contribution in [1.29, 1.82) is 0 Å². The van der Waals surface area contributed by atoms with Crippen molar-refractivity contribution in [1.82, 2.24) is 0 Å². The summed E-state index contributed by atoms with van der Waals surface area (Å²) in [6.07, 6.45) is 0. The van der Waals surface area contributed by atoms with E-state index in [9.17, 15) is 4.79 Å². The molecular formula is C3H8NO4S3-. The molecule has 0 rings (SSSR count). The van der Waals surface area contributed by atoms with Crippen LogP contribution >= 0.6 is 12.6 Å². The Balaban J connectivity index is 0. The standard InChI is InChI=1S/C3H7NO2S.HO2S2/c4-2(1-7)3(5)6;1-4(2)3/h2,7H,1,4H2,(H,5,6);(H,1,2,3)/q;-1/t2-;/m0./s1. The number of carboxylic acids is 1. The Bertz CT molecular complexity index is 171. The Morgan fingerprint density at radius 3 is 2.09 bits per heavy atom. The summed E-state index contributed by atoms with van der Waals surface area (Å²) in [7, 11) is -2.03. The Morgan fingerprint density at radius 2 is 2.09 bits per heavy atom. The number of hydrogen-bond donors (Lipinski definition) is 4. The van der Waals surface area contributed by atoms with Gasteiger partial charge in [0.05, 0.1) is 0 Å². The van der Waals surface area contributed by atoms with Gasteiger partial charge < -0.3 is 19.6 Å². The van der Waals surface area contributed by atoms with Crippen LogP contribution in [-0.4, -0.2) is 27.4 Å². The van der Waals surface area contributed by atoms with E-state index in [0.717, 1.165) is 0 Å². The smallest absolute Gasteiger partial charge is 0.321 e.